The van der Waals surface area contributed by atoms with Crippen molar-refractivity contribution in [2.24, 2.45) is 0 Å². The molecular weight excluding hydrogens is 228 g/mol. The maximum absolute atomic E-state index is 8.93. The molecule has 1 saturated heterocycles. The van der Waals surface area contributed by atoms with Gasteiger partial charge in [0, 0.05) is 16.5 Å². The van der Waals surface area contributed by atoms with Crippen LogP contribution in [0, 0.1) is 11.3 Å². The molecule has 0 aliphatic carbocycles. The van der Waals surface area contributed by atoms with Crippen LogP contribution in [0.25, 0.3) is 0 Å². The Morgan fingerprint density at radius 3 is 2.80 bits per heavy atom. The Balaban J connectivity index is 2.03. The van der Waals surface area contributed by atoms with Gasteiger partial charge in [0.05, 0.1) is 6.07 Å². The molecule has 1 aliphatic heterocycles. The van der Waals surface area contributed by atoms with E-state index in [1.54, 1.807) is 11.9 Å². The van der Waals surface area contributed by atoms with E-state index in [0.29, 0.717) is 0 Å². The van der Waals surface area contributed by atoms with Crippen LogP contribution in [0.4, 0.5) is 0 Å². The third kappa shape index (κ3) is 2.66. The van der Waals surface area contributed by atoms with Crippen LogP contribution in [0.5, 0.6) is 0 Å². The van der Waals surface area contributed by atoms with Crippen LogP contribution in [-0.2, 0) is 0 Å². The van der Waals surface area contributed by atoms with E-state index in [2.05, 4.69) is 10.4 Å². The van der Waals surface area contributed by atoms with Gasteiger partial charge < -0.3 is 0 Å². The van der Waals surface area contributed by atoms with Gasteiger partial charge in [-0.15, -0.1) is 0 Å². The molecule has 1 heterocycles. The quantitative estimate of drug-likeness (QED) is 0.740. The lowest BCUT2D eigenvalue weighted by Gasteiger charge is -2.17. The van der Waals surface area contributed by atoms with Crippen molar-refractivity contribution >= 4 is 23.5 Å². The number of nitriles is 1. The molecule has 1 aromatic rings. The number of rotatable bonds is 2. The molecule has 15 heavy (non-hydrogen) atoms. The van der Waals surface area contributed by atoms with Crippen LogP contribution in [0.2, 0.25) is 5.02 Å². The van der Waals surface area contributed by atoms with Gasteiger partial charge in [-0.1, -0.05) is 11.6 Å². The molecule has 1 aromatic carbocycles. The molecule has 4 heteroatoms. The summed E-state index contributed by atoms with van der Waals surface area (Å²) in [4.78, 5) is 1.14. The van der Waals surface area contributed by atoms with E-state index in [1.807, 2.05) is 24.3 Å². The van der Waals surface area contributed by atoms with Crippen LogP contribution in [0.15, 0.2) is 29.2 Å². The molecule has 2 nitrogen and oxygen atoms in total. The predicted molar refractivity (Wildman–Crippen MR) is 62.7 cm³/mol. The third-order valence-corrected chi connectivity index (χ3v) is 3.80. The Morgan fingerprint density at radius 2 is 2.13 bits per heavy atom. The van der Waals surface area contributed by atoms with E-state index in [4.69, 9.17) is 16.9 Å². The molecule has 0 amide bonds. The van der Waals surface area contributed by atoms with E-state index < -0.39 is 0 Å². The van der Waals surface area contributed by atoms with Crippen LogP contribution in [0.3, 0.4) is 0 Å². The first kappa shape index (κ1) is 10.8. The lowest BCUT2D eigenvalue weighted by Crippen LogP contribution is -2.20. The summed E-state index contributed by atoms with van der Waals surface area (Å²) in [6, 6.07) is 10.1. The minimum absolute atomic E-state index is 0.0608. The second kappa shape index (κ2) is 4.89. The van der Waals surface area contributed by atoms with Crippen molar-refractivity contribution in [3.8, 4) is 6.07 Å². The first-order valence-corrected chi connectivity index (χ1v) is 6.04. The van der Waals surface area contributed by atoms with Gasteiger partial charge in [0.1, 0.15) is 6.04 Å². The average molecular weight is 239 g/mol. The van der Waals surface area contributed by atoms with E-state index in [-0.39, 0.29) is 6.04 Å². The van der Waals surface area contributed by atoms with E-state index in [1.165, 1.54) is 0 Å². The van der Waals surface area contributed by atoms with Gasteiger partial charge in [-0.2, -0.15) is 5.26 Å². The highest BCUT2D eigenvalue weighted by Crippen LogP contribution is 2.31. The van der Waals surface area contributed by atoms with Gasteiger partial charge in [-0.3, -0.25) is 0 Å². The van der Waals surface area contributed by atoms with Crippen LogP contribution >= 0.6 is 23.5 Å². The fourth-order valence-electron chi connectivity index (χ4n) is 1.61. The number of halogens is 1. The SMILES string of the molecule is N#CC1CCCN1Sc1ccc(Cl)cc1. The van der Waals surface area contributed by atoms with E-state index in [9.17, 15) is 0 Å². The normalized spacial score (nSPS) is 21.5. The second-order valence-electron chi connectivity index (χ2n) is 3.47. The van der Waals surface area contributed by atoms with Crippen molar-refractivity contribution in [3.05, 3.63) is 29.3 Å². The molecule has 1 aliphatic rings. The van der Waals surface area contributed by atoms with Gasteiger partial charge >= 0.3 is 0 Å². The molecule has 1 unspecified atom stereocenters. The molecule has 0 aromatic heterocycles. The van der Waals surface area contributed by atoms with Crippen LogP contribution < -0.4 is 0 Å². The summed E-state index contributed by atoms with van der Waals surface area (Å²) < 4.78 is 2.14. The smallest absolute Gasteiger partial charge is 0.107 e. The Hall–Kier alpha value is -0.690. The van der Waals surface area contributed by atoms with Crippen LogP contribution in [-0.4, -0.2) is 16.9 Å². The number of hydrogen-bond donors (Lipinski definition) is 0. The Morgan fingerprint density at radius 1 is 1.40 bits per heavy atom. The standard InChI is InChI=1S/C11H11ClN2S/c12-9-3-5-11(6-4-9)15-14-7-1-2-10(14)8-13/h3-6,10H,1-2,7H2. The number of hydrogen-bond acceptors (Lipinski definition) is 3. The summed E-state index contributed by atoms with van der Waals surface area (Å²) >= 11 is 7.45. The Kier molecular flexibility index (Phi) is 3.53. The summed E-state index contributed by atoms with van der Waals surface area (Å²) in [6.07, 6.45) is 2.09. The highest BCUT2D eigenvalue weighted by molar-refractivity contribution is 7.97. The summed E-state index contributed by atoms with van der Waals surface area (Å²) in [5, 5.41) is 9.68. The Bertz CT molecular complexity index is 371. The largest absolute Gasteiger partial charge is 0.229 e. The number of benzene rings is 1. The highest BCUT2D eigenvalue weighted by Gasteiger charge is 2.24. The van der Waals surface area contributed by atoms with E-state index >= 15 is 0 Å². The second-order valence-corrected chi connectivity index (χ2v) is 5.03. The zero-order valence-corrected chi connectivity index (χ0v) is 9.76. The summed E-state index contributed by atoms with van der Waals surface area (Å²) in [5.41, 5.74) is 0. The fraction of sp³-hybridized carbons (Fsp3) is 0.364. The first-order chi connectivity index (χ1) is 7.29. The topological polar surface area (TPSA) is 27.0 Å². The van der Waals surface area contributed by atoms with Gasteiger partial charge in [-0.05, 0) is 49.1 Å². The van der Waals surface area contributed by atoms with Crippen LogP contribution in [0.1, 0.15) is 12.8 Å². The minimum Gasteiger partial charge on any atom is -0.229 e. The minimum atomic E-state index is 0.0608. The zero-order chi connectivity index (χ0) is 10.7. The molecular formula is C11H11ClN2S. The van der Waals surface area contributed by atoms with Crippen molar-refractivity contribution < 1.29 is 0 Å². The molecule has 1 fully saturated rings. The van der Waals surface area contributed by atoms with Crippen molar-refractivity contribution in [1.29, 1.82) is 5.26 Å². The fourth-order valence-corrected chi connectivity index (χ4v) is 2.76. The first-order valence-electron chi connectivity index (χ1n) is 4.89. The van der Waals surface area contributed by atoms with Crippen molar-refractivity contribution in [1.82, 2.24) is 4.31 Å². The van der Waals surface area contributed by atoms with Gasteiger partial charge in [0.15, 0.2) is 0 Å². The van der Waals surface area contributed by atoms with Crippen molar-refractivity contribution in [2.45, 2.75) is 23.8 Å². The summed E-state index contributed by atoms with van der Waals surface area (Å²) in [5.74, 6) is 0. The predicted octanol–water partition coefficient (Wildman–Crippen LogP) is 3.34. The molecule has 0 N–H and O–H groups in total. The van der Waals surface area contributed by atoms with Crippen molar-refractivity contribution in [3.63, 3.8) is 0 Å². The van der Waals surface area contributed by atoms with Gasteiger partial charge in [0.2, 0.25) is 0 Å². The highest BCUT2D eigenvalue weighted by atomic mass is 35.5. The maximum Gasteiger partial charge on any atom is 0.107 e. The van der Waals surface area contributed by atoms with Gasteiger partial charge in [-0.25, -0.2) is 4.31 Å². The molecule has 78 valence electrons. The number of nitrogens with zero attached hydrogens (tertiary/aromatic N) is 2. The molecule has 2 rings (SSSR count). The Labute approximate surface area is 99.0 Å². The molecule has 0 spiro atoms. The summed E-state index contributed by atoms with van der Waals surface area (Å²) in [6.45, 7) is 0.992. The molecule has 0 bridgehead atoms. The maximum atomic E-state index is 8.93. The van der Waals surface area contributed by atoms with E-state index in [0.717, 1.165) is 29.3 Å². The lowest BCUT2D eigenvalue weighted by molar-refractivity contribution is 0.513. The zero-order valence-electron chi connectivity index (χ0n) is 8.19. The molecule has 1 atom stereocenters. The molecule has 0 radical (unpaired) electrons. The average Bonchev–Trinajstić information content (AvgIpc) is 2.69. The molecule has 0 saturated carbocycles. The van der Waals surface area contributed by atoms with Crippen molar-refractivity contribution in [2.75, 3.05) is 6.54 Å². The summed E-state index contributed by atoms with van der Waals surface area (Å²) in [7, 11) is 0. The van der Waals surface area contributed by atoms with Gasteiger partial charge in [0.25, 0.3) is 0 Å². The lowest BCUT2D eigenvalue weighted by atomic mass is 10.2. The third-order valence-electron chi connectivity index (χ3n) is 2.39. The monoisotopic (exact) mass is 238 g/mol.